The SMILES string of the molecule is Cc1cccc(NC2CC(=O)N(N(C)C)C2=O)c1. The average Bonchev–Trinajstić information content (AvgIpc) is 2.54. The first-order chi connectivity index (χ1) is 8.49. The molecule has 1 aromatic carbocycles. The molecule has 0 bridgehead atoms. The summed E-state index contributed by atoms with van der Waals surface area (Å²) in [6.45, 7) is 1.99. The van der Waals surface area contributed by atoms with Crippen LogP contribution in [0.3, 0.4) is 0 Å². The molecule has 1 aromatic rings. The fraction of sp³-hybridized carbons (Fsp3) is 0.385. The van der Waals surface area contributed by atoms with Crippen LogP contribution in [0.1, 0.15) is 12.0 Å². The molecule has 18 heavy (non-hydrogen) atoms. The lowest BCUT2D eigenvalue weighted by molar-refractivity contribution is -0.152. The van der Waals surface area contributed by atoms with Crippen LogP contribution in [0, 0.1) is 6.92 Å². The van der Waals surface area contributed by atoms with E-state index >= 15 is 0 Å². The number of imide groups is 1. The highest BCUT2D eigenvalue weighted by Gasteiger charge is 2.39. The van der Waals surface area contributed by atoms with Crippen molar-refractivity contribution in [3.63, 3.8) is 0 Å². The molecule has 1 fully saturated rings. The molecule has 0 saturated carbocycles. The number of hydrogen-bond acceptors (Lipinski definition) is 4. The van der Waals surface area contributed by atoms with Crippen molar-refractivity contribution >= 4 is 17.5 Å². The molecule has 1 atom stereocenters. The van der Waals surface area contributed by atoms with Crippen molar-refractivity contribution in [3.05, 3.63) is 29.8 Å². The fourth-order valence-corrected chi connectivity index (χ4v) is 2.09. The zero-order valence-corrected chi connectivity index (χ0v) is 10.8. The van der Waals surface area contributed by atoms with E-state index in [2.05, 4.69) is 5.32 Å². The number of carbonyl (C=O) groups excluding carboxylic acids is 2. The molecular weight excluding hydrogens is 230 g/mol. The molecule has 0 spiro atoms. The summed E-state index contributed by atoms with van der Waals surface area (Å²) in [6.07, 6.45) is 0.199. The largest absolute Gasteiger partial charge is 0.373 e. The molecule has 2 amide bonds. The van der Waals surface area contributed by atoms with E-state index in [1.165, 1.54) is 10.0 Å². The Balaban J connectivity index is 2.12. The highest BCUT2D eigenvalue weighted by molar-refractivity contribution is 6.06. The number of aryl methyl sites for hydroxylation is 1. The van der Waals surface area contributed by atoms with Gasteiger partial charge in [0.05, 0.1) is 6.42 Å². The lowest BCUT2D eigenvalue weighted by Crippen LogP contribution is -2.43. The van der Waals surface area contributed by atoms with E-state index in [0.717, 1.165) is 11.3 Å². The molecule has 1 saturated heterocycles. The molecule has 2 rings (SSSR count). The Hall–Kier alpha value is -1.88. The number of hydrogen-bond donors (Lipinski definition) is 1. The molecule has 0 aliphatic carbocycles. The number of nitrogens with zero attached hydrogens (tertiary/aromatic N) is 2. The van der Waals surface area contributed by atoms with Crippen molar-refractivity contribution in [2.24, 2.45) is 0 Å². The van der Waals surface area contributed by atoms with Crippen LogP contribution in [-0.2, 0) is 9.59 Å². The Morgan fingerprint density at radius 1 is 1.33 bits per heavy atom. The molecule has 1 unspecified atom stereocenters. The monoisotopic (exact) mass is 247 g/mol. The zero-order valence-electron chi connectivity index (χ0n) is 10.8. The van der Waals surface area contributed by atoms with Gasteiger partial charge in [-0.3, -0.25) is 9.59 Å². The number of benzene rings is 1. The summed E-state index contributed by atoms with van der Waals surface area (Å²) in [5.74, 6) is -0.373. The quantitative estimate of drug-likeness (QED) is 0.810. The minimum Gasteiger partial charge on any atom is -0.373 e. The molecule has 5 heteroatoms. The highest BCUT2D eigenvalue weighted by atomic mass is 16.2. The standard InChI is InChI=1S/C13H17N3O2/c1-9-5-4-6-10(7-9)14-11-8-12(17)16(13(11)18)15(2)3/h4-7,11,14H,8H2,1-3H3. The molecule has 96 valence electrons. The van der Waals surface area contributed by atoms with Gasteiger partial charge in [-0.05, 0) is 24.6 Å². The van der Waals surface area contributed by atoms with Crippen molar-refractivity contribution in [2.75, 3.05) is 19.4 Å². The summed E-state index contributed by atoms with van der Waals surface area (Å²) in [5.41, 5.74) is 1.97. The van der Waals surface area contributed by atoms with Crippen LogP contribution in [0.5, 0.6) is 0 Å². The molecule has 0 radical (unpaired) electrons. The van der Waals surface area contributed by atoms with E-state index < -0.39 is 6.04 Å². The van der Waals surface area contributed by atoms with E-state index in [0.29, 0.717) is 0 Å². The van der Waals surface area contributed by atoms with Gasteiger partial charge >= 0.3 is 0 Å². The van der Waals surface area contributed by atoms with Gasteiger partial charge < -0.3 is 5.32 Å². The van der Waals surface area contributed by atoms with E-state index in [-0.39, 0.29) is 18.2 Å². The maximum Gasteiger partial charge on any atom is 0.266 e. The van der Waals surface area contributed by atoms with Crippen LogP contribution in [-0.4, -0.2) is 42.0 Å². The van der Waals surface area contributed by atoms with Crippen LogP contribution in [0.2, 0.25) is 0 Å². The van der Waals surface area contributed by atoms with Gasteiger partial charge in [0.2, 0.25) is 5.91 Å². The Labute approximate surface area is 106 Å². The van der Waals surface area contributed by atoms with Gasteiger partial charge in [0.15, 0.2) is 0 Å². The second-order valence-corrected chi connectivity index (χ2v) is 4.66. The first-order valence-electron chi connectivity index (χ1n) is 5.86. The number of nitrogens with one attached hydrogen (secondary N) is 1. The third kappa shape index (κ3) is 2.36. The van der Waals surface area contributed by atoms with Gasteiger partial charge in [-0.25, -0.2) is 10.0 Å². The van der Waals surface area contributed by atoms with Crippen molar-refractivity contribution < 1.29 is 9.59 Å². The number of rotatable bonds is 3. The summed E-state index contributed by atoms with van der Waals surface area (Å²) in [6, 6.07) is 7.28. The smallest absolute Gasteiger partial charge is 0.266 e. The Morgan fingerprint density at radius 3 is 2.61 bits per heavy atom. The predicted molar refractivity (Wildman–Crippen MR) is 68.7 cm³/mol. The summed E-state index contributed by atoms with van der Waals surface area (Å²) >= 11 is 0. The van der Waals surface area contributed by atoms with Gasteiger partial charge in [0.25, 0.3) is 5.91 Å². The topological polar surface area (TPSA) is 52.7 Å². The zero-order chi connectivity index (χ0) is 13.3. The maximum absolute atomic E-state index is 12.0. The summed E-state index contributed by atoms with van der Waals surface area (Å²) in [4.78, 5) is 23.8. The van der Waals surface area contributed by atoms with Crippen LogP contribution in [0.4, 0.5) is 5.69 Å². The number of anilines is 1. The molecule has 1 aliphatic heterocycles. The molecular formula is C13H17N3O2. The average molecular weight is 247 g/mol. The molecule has 5 nitrogen and oxygen atoms in total. The van der Waals surface area contributed by atoms with Gasteiger partial charge in [-0.1, -0.05) is 12.1 Å². The second kappa shape index (κ2) is 4.78. The third-order valence-corrected chi connectivity index (χ3v) is 2.88. The van der Waals surface area contributed by atoms with Crippen molar-refractivity contribution in [3.8, 4) is 0 Å². The molecule has 1 aliphatic rings. The predicted octanol–water partition coefficient (Wildman–Crippen LogP) is 1.01. The van der Waals surface area contributed by atoms with Crippen LogP contribution < -0.4 is 5.32 Å². The normalized spacial score (nSPS) is 19.8. The Kier molecular flexibility index (Phi) is 3.34. The second-order valence-electron chi connectivity index (χ2n) is 4.66. The molecule has 1 N–H and O–H groups in total. The Bertz CT molecular complexity index is 485. The van der Waals surface area contributed by atoms with Crippen LogP contribution >= 0.6 is 0 Å². The number of amides is 2. The van der Waals surface area contributed by atoms with E-state index in [1.54, 1.807) is 14.1 Å². The van der Waals surface area contributed by atoms with E-state index in [1.807, 2.05) is 31.2 Å². The lowest BCUT2D eigenvalue weighted by Gasteiger charge is -2.22. The minimum absolute atomic E-state index is 0.171. The van der Waals surface area contributed by atoms with Crippen LogP contribution in [0.25, 0.3) is 0 Å². The molecule has 0 aromatic heterocycles. The Morgan fingerprint density at radius 2 is 2.06 bits per heavy atom. The van der Waals surface area contributed by atoms with Gasteiger partial charge in [-0.2, -0.15) is 0 Å². The van der Waals surface area contributed by atoms with E-state index in [9.17, 15) is 9.59 Å². The number of hydrazine groups is 1. The third-order valence-electron chi connectivity index (χ3n) is 2.88. The van der Waals surface area contributed by atoms with Crippen molar-refractivity contribution in [1.29, 1.82) is 0 Å². The highest BCUT2D eigenvalue weighted by Crippen LogP contribution is 2.19. The first-order valence-corrected chi connectivity index (χ1v) is 5.86. The van der Waals surface area contributed by atoms with Crippen molar-refractivity contribution in [1.82, 2.24) is 10.0 Å². The lowest BCUT2D eigenvalue weighted by atomic mass is 10.2. The molecule has 1 heterocycles. The maximum atomic E-state index is 12.0. The van der Waals surface area contributed by atoms with E-state index in [4.69, 9.17) is 0 Å². The first kappa shape index (κ1) is 12.6. The summed E-state index contributed by atoms with van der Waals surface area (Å²) in [7, 11) is 3.37. The van der Waals surface area contributed by atoms with Crippen molar-refractivity contribution in [2.45, 2.75) is 19.4 Å². The fourth-order valence-electron chi connectivity index (χ4n) is 2.09. The van der Waals surface area contributed by atoms with Gasteiger partial charge in [-0.15, -0.1) is 0 Å². The summed E-state index contributed by atoms with van der Waals surface area (Å²) < 4.78 is 0. The van der Waals surface area contributed by atoms with Gasteiger partial charge in [0, 0.05) is 19.8 Å². The van der Waals surface area contributed by atoms with Crippen LogP contribution in [0.15, 0.2) is 24.3 Å². The minimum atomic E-state index is -0.471. The number of carbonyl (C=O) groups is 2. The van der Waals surface area contributed by atoms with Gasteiger partial charge in [0.1, 0.15) is 6.04 Å². The summed E-state index contributed by atoms with van der Waals surface area (Å²) in [5, 5.41) is 5.80.